The zero-order valence-electron chi connectivity index (χ0n) is 26.4. The molecule has 256 valence electrons. The SMILES string of the molecule is Cc1ccc(S(=O)(=O)O)cc1.Cc1ccc(S(=O)(=O)O)cc1.Cc1ccc(S(=O)(=O)O)cc1.c1ccc(CN2CCCNCC2)nc1. The average molecular weight is 708 g/mol. The predicted molar refractivity (Wildman–Crippen MR) is 180 cm³/mol. The summed E-state index contributed by atoms with van der Waals surface area (Å²) in [5.74, 6) is 0. The van der Waals surface area contributed by atoms with E-state index in [9.17, 15) is 25.3 Å². The first-order chi connectivity index (χ1) is 21.9. The smallest absolute Gasteiger partial charge is 0.294 e. The van der Waals surface area contributed by atoms with Crippen molar-refractivity contribution < 1.29 is 38.9 Å². The first-order valence-electron chi connectivity index (χ1n) is 14.4. The number of aromatic nitrogens is 1. The molecule has 1 aliphatic rings. The fourth-order valence-electron chi connectivity index (χ4n) is 3.91. The fraction of sp³-hybridized carbons (Fsp3) is 0.281. The Morgan fingerprint density at radius 1 is 0.596 bits per heavy atom. The molecule has 0 saturated carbocycles. The minimum Gasteiger partial charge on any atom is -0.315 e. The van der Waals surface area contributed by atoms with Crippen molar-refractivity contribution in [1.82, 2.24) is 15.2 Å². The molecule has 12 nitrogen and oxygen atoms in total. The van der Waals surface area contributed by atoms with E-state index in [0.717, 1.165) is 42.9 Å². The Kier molecular flexibility index (Phi) is 15.8. The maximum atomic E-state index is 10.5. The Labute approximate surface area is 277 Å². The summed E-state index contributed by atoms with van der Waals surface area (Å²) in [6.45, 7) is 11.1. The lowest BCUT2D eigenvalue weighted by atomic mass is 10.2. The lowest BCUT2D eigenvalue weighted by Gasteiger charge is -2.18. The molecule has 0 atom stereocenters. The second-order valence-electron chi connectivity index (χ2n) is 10.6. The molecule has 0 radical (unpaired) electrons. The van der Waals surface area contributed by atoms with Gasteiger partial charge in [0.05, 0.1) is 20.4 Å². The minimum absolute atomic E-state index is 0.0666. The van der Waals surface area contributed by atoms with Crippen molar-refractivity contribution >= 4 is 30.4 Å². The number of benzene rings is 3. The number of nitrogens with one attached hydrogen (secondary N) is 1. The Morgan fingerprint density at radius 2 is 1.00 bits per heavy atom. The van der Waals surface area contributed by atoms with Crippen LogP contribution in [-0.2, 0) is 36.9 Å². The molecule has 3 aromatic carbocycles. The molecule has 2 heterocycles. The topological polar surface area (TPSA) is 191 Å². The van der Waals surface area contributed by atoms with Gasteiger partial charge in [0.2, 0.25) is 0 Å². The highest BCUT2D eigenvalue weighted by atomic mass is 32.2. The summed E-state index contributed by atoms with van der Waals surface area (Å²) in [5.41, 5.74) is 4.04. The highest BCUT2D eigenvalue weighted by Crippen LogP contribution is 2.10. The molecule has 0 aliphatic carbocycles. The van der Waals surface area contributed by atoms with Gasteiger partial charge >= 0.3 is 0 Å². The average Bonchev–Trinajstić information content (AvgIpc) is 3.27. The van der Waals surface area contributed by atoms with Crippen molar-refractivity contribution in [2.45, 2.75) is 48.4 Å². The Bertz CT molecular complexity index is 1650. The van der Waals surface area contributed by atoms with Gasteiger partial charge in [-0.3, -0.25) is 23.5 Å². The quantitative estimate of drug-likeness (QED) is 0.211. The van der Waals surface area contributed by atoms with Crippen LogP contribution in [0, 0.1) is 20.8 Å². The van der Waals surface area contributed by atoms with Crippen LogP contribution in [0.4, 0.5) is 0 Å². The van der Waals surface area contributed by atoms with E-state index >= 15 is 0 Å². The van der Waals surface area contributed by atoms with Gasteiger partial charge in [0.15, 0.2) is 0 Å². The predicted octanol–water partition coefficient (Wildman–Crippen LogP) is 4.60. The third kappa shape index (κ3) is 16.2. The van der Waals surface area contributed by atoms with E-state index in [0.29, 0.717) is 0 Å². The van der Waals surface area contributed by atoms with Crippen molar-refractivity contribution in [3.05, 3.63) is 120 Å². The van der Waals surface area contributed by atoms with E-state index in [2.05, 4.69) is 27.3 Å². The standard InChI is InChI=1S/C11H17N3.3C7H8O3S/c1-2-6-13-11(4-1)10-14-8-3-5-12-7-9-14;3*1-6-2-4-7(5-3-6)11(8,9)10/h1-2,4,6,12H,3,5,7-10H2;3*2-5H,1H3,(H,8,9,10). The molecule has 4 N–H and O–H groups in total. The zero-order chi connectivity index (χ0) is 35.1. The van der Waals surface area contributed by atoms with Crippen molar-refractivity contribution in [1.29, 1.82) is 0 Å². The lowest BCUT2D eigenvalue weighted by Crippen LogP contribution is -2.27. The number of pyridine rings is 1. The highest BCUT2D eigenvalue weighted by molar-refractivity contribution is 7.86. The van der Waals surface area contributed by atoms with Gasteiger partial charge < -0.3 is 5.32 Å². The van der Waals surface area contributed by atoms with Crippen molar-refractivity contribution in [2.24, 2.45) is 0 Å². The fourth-order valence-corrected chi connectivity index (χ4v) is 5.35. The third-order valence-corrected chi connectivity index (χ3v) is 9.10. The highest BCUT2D eigenvalue weighted by Gasteiger charge is 2.10. The summed E-state index contributed by atoms with van der Waals surface area (Å²) < 4.78 is 88.7. The molecule has 1 aromatic heterocycles. The van der Waals surface area contributed by atoms with Crippen LogP contribution >= 0.6 is 0 Å². The molecule has 1 saturated heterocycles. The zero-order valence-corrected chi connectivity index (χ0v) is 28.8. The Hall–Kier alpha value is -3.54. The molecule has 0 unspecified atom stereocenters. The monoisotopic (exact) mass is 707 g/mol. The molecule has 0 bridgehead atoms. The molecule has 15 heteroatoms. The number of hydrogen-bond donors (Lipinski definition) is 4. The summed E-state index contributed by atoms with van der Waals surface area (Å²) in [6.07, 6.45) is 3.11. The molecular formula is C32H41N3O9S3. The van der Waals surface area contributed by atoms with E-state index in [4.69, 9.17) is 13.7 Å². The maximum absolute atomic E-state index is 10.5. The van der Waals surface area contributed by atoms with E-state index in [1.54, 1.807) is 36.4 Å². The van der Waals surface area contributed by atoms with Crippen LogP contribution in [0.5, 0.6) is 0 Å². The largest absolute Gasteiger partial charge is 0.315 e. The van der Waals surface area contributed by atoms with Crippen molar-refractivity contribution in [2.75, 3.05) is 26.2 Å². The van der Waals surface area contributed by atoms with Gasteiger partial charge in [0, 0.05) is 25.8 Å². The Morgan fingerprint density at radius 3 is 1.34 bits per heavy atom. The minimum atomic E-state index is -4.02. The van der Waals surface area contributed by atoms with Gasteiger partial charge in [0.1, 0.15) is 0 Å². The van der Waals surface area contributed by atoms with Gasteiger partial charge in [0.25, 0.3) is 30.4 Å². The van der Waals surface area contributed by atoms with Crippen LogP contribution in [0.15, 0.2) is 112 Å². The number of rotatable bonds is 5. The van der Waals surface area contributed by atoms with Crippen LogP contribution in [-0.4, -0.2) is 75.0 Å². The molecule has 0 amide bonds. The van der Waals surface area contributed by atoms with E-state index in [1.807, 2.05) is 33.0 Å². The van der Waals surface area contributed by atoms with Crippen LogP contribution in [0.3, 0.4) is 0 Å². The summed E-state index contributed by atoms with van der Waals surface area (Å²) in [6, 6.07) is 24.1. The molecule has 1 fully saturated rings. The first kappa shape index (κ1) is 39.6. The lowest BCUT2D eigenvalue weighted by molar-refractivity contribution is 0.281. The van der Waals surface area contributed by atoms with E-state index < -0.39 is 30.4 Å². The number of hydrogen-bond acceptors (Lipinski definition) is 9. The second-order valence-corrected chi connectivity index (χ2v) is 14.8. The molecule has 1 aliphatic heterocycles. The number of nitrogens with zero attached hydrogens (tertiary/aromatic N) is 2. The third-order valence-electron chi connectivity index (χ3n) is 6.50. The maximum Gasteiger partial charge on any atom is 0.294 e. The first-order valence-corrected chi connectivity index (χ1v) is 18.7. The van der Waals surface area contributed by atoms with Crippen LogP contribution in [0.2, 0.25) is 0 Å². The summed E-state index contributed by atoms with van der Waals surface area (Å²) >= 11 is 0. The van der Waals surface area contributed by atoms with Gasteiger partial charge in [-0.15, -0.1) is 0 Å². The van der Waals surface area contributed by atoms with E-state index in [-0.39, 0.29) is 14.7 Å². The van der Waals surface area contributed by atoms with Gasteiger partial charge in [-0.1, -0.05) is 59.2 Å². The van der Waals surface area contributed by atoms with Crippen molar-refractivity contribution in [3.8, 4) is 0 Å². The molecule has 5 rings (SSSR count). The van der Waals surface area contributed by atoms with Crippen LogP contribution < -0.4 is 5.32 Å². The van der Waals surface area contributed by atoms with E-state index in [1.165, 1.54) is 55.1 Å². The number of aryl methyl sites for hydroxylation is 3. The van der Waals surface area contributed by atoms with Crippen LogP contribution in [0.1, 0.15) is 28.8 Å². The second kappa shape index (κ2) is 18.7. The van der Waals surface area contributed by atoms with Crippen LogP contribution in [0.25, 0.3) is 0 Å². The molecule has 47 heavy (non-hydrogen) atoms. The summed E-state index contributed by atoms with van der Waals surface area (Å²) in [7, 11) is -12.1. The molecular weight excluding hydrogens is 667 g/mol. The van der Waals surface area contributed by atoms with Gasteiger partial charge in [-0.25, -0.2) is 0 Å². The Balaban J connectivity index is 0.000000219. The van der Waals surface area contributed by atoms with Crippen molar-refractivity contribution in [3.63, 3.8) is 0 Å². The summed E-state index contributed by atoms with van der Waals surface area (Å²) in [4.78, 5) is 6.60. The van der Waals surface area contributed by atoms with Gasteiger partial charge in [-0.05, 0) is 88.8 Å². The molecule has 4 aromatic rings. The molecule has 0 spiro atoms. The summed E-state index contributed by atoms with van der Waals surface area (Å²) in [5, 5.41) is 3.40. The van der Waals surface area contributed by atoms with Gasteiger partial charge in [-0.2, -0.15) is 25.3 Å². The normalized spacial score (nSPS) is 13.7.